The molecule has 0 spiro atoms. The van der Waals surface area contributed by atoms with Crippen molar-refractivity contribution in [1.29, 1.82) is 0 Å². The molecule has 0 bridgehead atoms. The summed E-state index contributed by atoms with van der Waals surface area (Å²) in [6.07, 6.45) is 1.08. The smallest absolute Gasteiger partial charge is 0.388 e. The lowest BCUT2D eigenvalue weighted by molar-refractivity contribution is -0.0528. The normalized spacial score (nSPS) is 10.0. The third-order valence-electron chi connectivity index (χ3n) is 1.34. The summed E-state index contributed by atoms with van der Waals surface area (Å²) >= 11 is 0. The van der Waals surface area contributed by atoms with Gasteiger partial charge in [-0.3, -0.25) is 10.2 Å². The number of nitrogens with two attached hydrogens (primary N) is 1. The summed E-state index contributed by atoms with van der Waals surface area (Å²) in [7, 11) is 0. The number of halogens is 2. The molecule has 0 fully saturated rings. The first-order valence-electron chi connectivity index (χ1n) is 3.55. The van der Waals surface area contributed by atoms with Crippen LogP contribution in [0.15, 0.2) is 18.3 Å². The van der Waals surface area contributed by atoms with E-state index in [1.807, 2.05) is 5.43 Å². The minimum atomic E-state index is -2.93. The first-order chi connectivity index (χ1) is 6.63. The Morgan fingerprint density at radius 3 is 2.71 bits per heavy atom. The predicted molar refractivity (Wildman–Crippen MR) is 42.5 cm³/mol. The second kappa shape index (κ2) is 4.47. The van der Waals surface area contributed by atoms with E-state index in [0.717, 1.165) is 12.3 Å². The van der Waals surface area contributed by atoms with Gasteiger partial charge in [-0.1, -0.05) is 0 Å². The number of carbonyl (C=O) groups is 1. The average Bonchev–Trinajstić information content (AvgIpc) is 2.17. The summed E-state index contributed by atoms with van der Waals surface area (Å²) in [4.78, 5) is 14.4. The van der Waals surface area contributed by atoms with Crippen LogP contribution in [0.25, 0.3) is 0 Å². The molecule has 76 valence electrons. The zero-order valence-electron chi connectivity index (χ0n) is 6.91. The van der Waals surface area contributed by atoms with Gasteiger partial charge in [-0.2, -0.15) is 8.78 Å². The number of hydrogen-bond acceptors (Lipinski definition) is 4. The summed E-state index contributed by atoms with van der Waals surface area (Å²) in [5.74, 6) is 4.03. The molecular weight excluding hydrogens is 196 g/mol. The molecule has 7 heteroatoms. The monoisotopic (exact) mass is 203 g/mol. The number of alkyl halides is 2. The lowest BCUT2D eigenvalue weighted by Crippen LogP contribution is -2.30. The number of nitrogens with one attached hydrogen (secondary N) is 1. The number of amides is 1. The molecule has 0 atom stereocenters. The molecule has 0 aliphatic rings. The van der Waals surface area contributed by atoms with Crippen molar-refractivity contribution in [3.63, 3.8) is 0 Å². The summed E-state index contributed by atoms with van der Waals surface area (Å²) in [6.45, 7) is -2.93. The van der Waals surface area contributed by atoms with Crippen LogP contribution in [0.5, 0.6) is 5.88 Å². The van der Waals surface area contributed by atoms with E-state index in [4.69, 9.17) is 5.84 Å². The van der Waals surface area contributed by atoms with Gasteiger partial charge in [0.05, 0.1) is 5.56 Å². The van der Waals surface area contributed by atoms with E-state index in [2.05, 4.69) is 9.72 Å². The van der Waals surface area contributed by atoms with Crippen LogP contribution in [-0.2, 0) is 0 Å². The molecule has 1 amide bonds. The topological polar surface area (TPSA) is 77.2 Å². The number of carbonyl (C=O) groups excluding carboxylic acids is 1. The summed E-state index contributed by atoms with van der Waals surface area (Å²) in [5, 5.41) is 0. The molecule has 1 aromatic heterocycles. The Labute approximate surface area is 77.8 Å². The third-order valence-corrected chi connectivity index (χ3v) is 1.34. The quantitative estimate of drug-likeness (QED) is 0.420. The zero-order valence-corrected chi connectivity index (χ0v) is 6.91. The van der Waals surface area contributed by atoms with Crippen LogP contribution in [0.4, 0.5) is 8.78 Å². The number of nitrogens with zero attached hydrogens (tertiary/aromatic N) is 1. The standard InChI is InChI=1S/C7H7F2N3O2/c8-7(9)14-5-2-1-4(3-11-5)6(13)12-10/h1-3,7H,10H2,(H,12,13). The molecule has 0 radical (unpaired) electrons. The van der Waals surface area contributed by atoms with Gasteiger partial charge in [0, 0.05) is 12.3 Å². The van der Waals surface area contributed by atoms with Gasteiger partial charge in [0.1, 0.15) is 0 Å². The fraction of sp³-hybridized carbons (Fsp3) is 0.143. The molecule has 14 heavy (non-hydrogen) atoms. The van der Waals surface area contributed by atoms with Crippen LogP contribution in [-0.4, -0.2) is 17.5 Å². The minimum absolute atomic E-state index is 0.161. The van der Waals surface area contributed by atoms with Crippen molar-refractivity contribution in [2.45, 2.75) is 6.61 Å². The minimum Gasteiger partial charge on any atom is -0.417 e. The fourth-order valence-electron chi connectivity index (χ4n) is 0.759. The summed E-state index contributed by atoms with van der Waals surface area (Å²) < 4.78 is 27.3. The molecule has 1 rings (SSSR count). The van der Waals surface area contributed by atoms with Crippen molar-refractivity contribution in [2.24, 2.45) is 5.84 Å². The highest BCUT2D eigenvalue weighted by Gasteiger charge is 2.07. The largest absolute Gasteiger partial charge is 0.417 e. The van der Waals surface area contributed by atoms with E-state index in [0.29, 0.717) is 0 Å². The van der Waals surface area contributed by atoms with Crippen LogP contribution >= 0.6 is 0 Å². The maximum atomic E-state index is 11.7. The van der Waals surface area contributed by atoms with Crippen molar-refractivity contribution in [3.8, 4) is 5.88 Å². The van der Waals surface area contributed by atoms with Crippen molar-refractivity contribution in [3.05, 3.63) is 23.9 Å². The van der Waals surface area contributed by atoms with Crippen LogP contribution < -0.4 is 16.0 Å². The van der Waals surface area contributed by atoms with Crippen LogP contribution in [0.1, 0.15) is 10.4 Å². The number of hydrazine groups is 1. The Hall–Kier alpha value is -1.76. The van der Waals surface area contributed by atoms with E-state index in [1.165, 1.54) is 6.07 Å². The van der Waals surface area contributed by atoms with Crippen molar-refractivity contribution in [1.82, 2.24) is 10.4 Å². The fourth-order valence-corrected chi connectivity index (χ4v) is 0.759. The molecule has 1 aromatic rings. The van der Waals surface area contributed by atoms with E-state index < -0.39 is 12.5 Å². The highest BCUT2D eigenvalue weighted by atomic mass is 19.3. The van der Waals surface area contributed by atoms with Crippen molar-refractivity contribution < 1.29 is 18.3 Å². The van der Waals surface area contributed by atoms with E-state index in [-0.39, 0.29) is 11.4 Å². The molecular formula is C7H7F2N3O2. The van der Waals surface area contributed by atoms with Crippen molar-refractivity contribution >= 4 is 5.91 Å². The summed E-state index contributed by atoms with van der Waals surface area (Å²) in [6, 6.07) is 2.42. The Balaban J connectivity index is 2.73. The molecule has 0 aliphatic carbocycles. The van der Waals surface area contributed by atoms with Crippen LogP contribution in [0, 0.1) is 0 Å². The first kappa shape index (κ1) is 10.3. The van der Waals surface area contributed by atoms with Gasteiger partial charge in [-0.15, -0.1) is 0 Å². The molecule has 0 unspecified atom stereocenters. The molecule has 5 nitrogen and oxygen atoms in total. The van der Waals surface area contributed by atoms with E-state index in [9.17, 15) is 13.6 Å². The molecule has 0 aromatic carbocycles. The number of hydrogen-bond donors (Lipinski definition) is 2. The van der Waals surface area contributed by atoms with Gasteiger partial charge < -0.3 is 4.74 Å². The second-order valence-corrected chi connectivity index (χ2v) is 2.24. The Kier molecular flexibility index (Phi) is 3.29. The molecule has 1 heterocycles. The van der Waals surface area contributed by atoms with Crippen molar-refractivity contribution in [2.75, 3.05) is 0 Å². The maximum absolute atomic E-state index is 11.7. The average molecular weight is 203 g/mol. The van der Waals surface area contributed by atoms with Gasteiger partial charge in [0.15, 0.2) is 0 Å². The maximum Gasteiger partial charge on any atom is 0.388 e. The number of aromatic nitrogens is 1. The highest BCUT2D eigenvalue weighted by Crippen LogP contribution is 2.10. The summed E-state index contributed by atoms with van der Waals surface area (Å²) in [5.41, 5.74) is 2.03. The number of pyridine rings is 1. The SMILES string of the molecule is NNC(=O)c1ccc(OC(F)F)nc1. The second-order valence-electron chi connectivity index (χ2n) is 2.24. The molecule has 0 aliphatic heterocycles. The Morgan fingerprint density at radius 1 is 1.57 bits per heavy atom. The molecule has 3 N–H and O–H groups in total. The van der Waals surface area contributed by atoms with Gasteiger partial charge in [-0.25, -0.2) is 10.8 Å². The van der Waals surface area contributed by atoms with Gasteiger partial charge in [0.25, 0.3) is 5.91 Å². The van der Waals surface area contributed by atoms with Gasteiger partial charge in [0.2, 0.25) is 5.88 Å². The lowest BCUT2D eigenvalue weighted by Gasteiger charge is -2.03. The zero-order chi connectivity index (χ0) is 10.6. The Morgan fingerprint density at radius 2 is 2.29 bits per heavy atom. The van der Waals surface area contributed by atoms with Gasteiger partial charge >= 0.3 is 6.61 Å². The first-order valence-corrected chi connectivity index (χ1v) is 3.55. The molecule has 0 saturated heterocycles. The molecule has 0 saturated carbocycles. The number of nitrogen functional groups attached to an aromatic ring is 1. The van der Waals surface area contributed by atoms with E-state index >= 15 is 0 Å². The third kappa shape index (κ3) is 2.63. The number of ether oxygens (including phenoxy) is 1. The van der Waals surface area contributed by atoms with Crippen LogP contribution in [0.3, 0.4) is 0 Å². The predicted octanol–water partition coefficient (Wildman–Crippen LogP) is 0.287. The Bertz CT molecular complexity index is 315. The van der Waals surface area contributed by atoms with E-state index in [1.54, 1.807) is 0 Å². The van der Waals surface area contributed by atoms with Gasteiger partial charge in [-0.05, 0) is 6.07 Å². The lowest BCUT2D eigenvalue weighted by atomic mass is 10.3. The number of rotatable bonds is 3. The highest BCUT2D eigenvalue weighted by molar-refractivity contribution is 5.93. The van der Waals surface area contributed by atoms with Crippen LogP contribution in [0.2, 0.25) is 0 Å².